The van der Waals surface area contributed by atoms with Crippen molar-refractivity contribution in [1.29, 1.82) is 0 Å². The molecular weight excluding hydrogens is 343 g/mol. The standard InChI is InChI=1S/C13H15IN2O2/c1-8-15-11-5-4-9(14)6-10(11)12(18)16(8)13(2,3)7-17/h4-6,17H,7H2,1-3H3. The maximum absolute atomic E-state index is 12.5. The summed E-state index contributed by atoms with van der Waals surface area (Å²) in [6.45, 7) is 5.33. The van der Waals surface area contributed by atoms with Crippen LogP contribution >= 0.6 is 22.6 Å². The number of benzene rings is 1. The van der Waals surface area contributed by atoms with E-state index in [9.17, 15) is 9.90 Å². The number of hydrogen-bond donors (Lipinski definition) is 1. The fourth-order valence-corrected chi connectivity index (χ4v) is 2.54. The van der Waals surface area contributed by atoms with Crippen LogP contribution in [-0.4, -0.2) is 21.3 Å². The van der Waals surface area contributed by atoms with Gasteiger partial charge in [-0.15, -0.1) is 0 Å². The number of hydrogen-bond acceptors (Lipinski definition) is 3. The first-order valence-electron chi connectivity index (χ1n) is 5.67. The molecule has 5 heteroatoms. The van der Waals surface area contributed by atoms with Crippen LogP contribution in [0.4, 0.5) is 0 Å². The van der Waals surface area contributed by atoms with Gasteiger partial charge >= 0.3 is 0 Å². The van der Waals surface area contributed by atoms with Crippen molar-refractivity contribution in [2.24, 2.45) is 0 Å². The molecule has 2 aromatic rings. The third-order valence-corrected chi connectivity index (χ3v) is 3.66. The average Bonchev–Trinajstić information content (AvgIpc) is 2.30. The highest BCUT2D eigenvalue weighted by molar-refractivity contribution is 14.1. The van der Waals surface area contributed by atoms with Gasteiger partial charge < -0.3 is 5.11 Å². The Kier molecular flexibility index (Phi) is 3.46. The highest BCUT2D eigenvalue weighted by atomic mass is 127. The summed E-state index contributed by atoms with van der Waals surface area (Å²) < 4.78 is 2.56. The zero-order valence-corrected chi connectivity index (χ0v) is 12.7. The Hall–Kier alpha value is -0.950. The summed E-state index contributed by atoms with van der Waals surface area (Å²) in [5, 5.41) is 10.0. The lowest BCUT2D eigenvalue weighted by Gasteiger charge is -2.27. The average molecular weight is 358 g/mol. The monoisotopic (exact) mass is 358 g/mol. The van der Waals surface area contributed by atoms with E-state index in [2.05, 4.69) is 27.6 Å². The van der Waals surface area contributed by atoms with Gasteiger partial charge in [0.2, 0.25) is 0 Å². The Labute approximate surface area is 119 Å². The van der Waals surface area contributed by atoms with E-state index in [0.29, 0.717) is 16.7 Å². The second kappa shape index (κ2) is 4.62. The molecule has 4 nitrogen and oxygen atoms in total. The number of nitrogens with zero attached hydrogens (tertiary/aromatic N) is 2. The summed E-state index contributed by atoms with van der Waals surface area (Å²) in [6.07, 6.45) is 0. The molecule has 0 radical (unpaired) electrons. The quantitative estimate of drug-likeness (QED) is 0.836. The number of aromatic nitrogens is 2. The van der Waals surface area contributed by atoms with Crippen molar-refractivity contribution in [2.45, 2.75) is 26.3 Å². The molecule has 0 spiro atoms. The maximum Gasteiger partial charge on any atom is 0.261 e. The number of aliphatic hydroxyl groups excluding tert-OH is 1. The Morgan fingerprint density at radius 2 is 2.11 bits per heavy atom. The van der Waals surface area contributed by atoms with Gasteiger partial charge in [-0.2, -0.15) is 0 Å². The summed E-state index contributed by atoms with van der Waals surface area (Å²) >= 11 is 2.17. The van der Waals surface area contributed by atoms with Gasteiger partial charge in [0.05, 0.1) is 23.0 Å². The summed E-state index contributed by atoms with van der Waals surface area (Å²) in [6, 6.07) is 5.60. The molecule has 0 saturated heterocycles. The fourth-order valence-electron chi connectivity index (χ4n) is 2.05. The first-order chi connectivity index (χ1) is 8.36. The molecule has 0 saturated carbocycles. The van der Waals surface area contributed by atoms with Crippen molar-refractivity contribution in [3.05, 3.63) is 37.9 Å². The van der Waals surface area contributed by atoms with Crippen LogP contribution in [0, 0.1) is 10.5 Å². The number of fused-ring (bicyclic) bond motifs is 1. The number of rotatable bonds is 2. The molecule has 1 aromatic carbocycles. The number of halogens is 1. The molecule has 18 heavy (non-hydrogen) atoms. The van der Waals surface area contributed by atoms with E-state index in [-0.39, 0.29) is 12.2 Å². The van der Waals surface area contributed by atoms with Gasteiger partial charge in [0.1, 0.15) is 5.82 Å². The Balaban J connectivity index is 2.88. The van der Waals surface area contributed by atoms with Crippen LogP contribution in [0.5, 0.6) is 0 Å². The molecule has 2 rings (SSSR count). The van der Waals surface area contributed by atoms with Crippen LogP contribution in [0.3, 0.4) is 0 Å². The van der Waals surface area contributed by atoms with Crippen molar-refractivity contribution >= 4 is 33.5 Å². The predicted octanol–water partition coefficient (Wildman–Crippen LogP) is 2.04. The third kappa shape index (κ3) is 2.16. The summed E-state index contributed by atoms with van der Waals surface area (Å²) in [5.41, 5.74) is -0.0538. The zero-order chi connectivity index (χ0) is 13.5. The molecule has 0 aliphatic heterocycles. The van der Waals surface area contributed by atoms with Crippen LogP contribution in [-0.2, 0) is 5.54 Å². The SMILES string of the molecule is Cc1nc2ccc(I)cc2c(=O)n1C(C)(C)CO. The molecule has 0 unspecified atom stereocenters. The molecule has 0 aliphatic rings. The number of aliphatic hydroxyl groups is 1. The van der Waals surface area contributed by atoms with Gasteiger partial charge in [-0.3, -0.25) is 9.36 Å². The van der Waals surface area contributed by atoms with E-state index in [1.54, 1.807) is 11.5 Å². The fraction of sp³-hybridized carbons (Fsp3) is 0.385. The Morgan fingerprint density at radius 1 is 1.44 bits per heavy atom. The summed E-state index contributed by atoms with van der Waals surface area (Å²) in [5.74, 6) is 0.618. The topological polar surface area (TPSA) is 55.1 Å². The second-order valence-electron chi connectivity index (χ2n) is 4.93. The zero-order valence-electron chi connectivity index (χ0n) is 10.6. The summed E-state index contributed by atoms with van der Waals surface area (Å²) in [4.78, 5) is 17.0. The van der Waals surface area contributed by atoms with Crippen molar-refractivity contribution < 1.29 is 5.11 Å². The summed E-state index contributed by atoms with van der Waals surface area (Å²) in [7, 11) is 0. The first-order valence-corrected chi connectivity index (χ1v) is 6.75. The molecular formula is C13H15IN2O2. The molecule has 0 amide bonds. The van der Waals surface area contributed by atoms with Gasteiger partial charge in [0, 0.05) is 3.57 Å². The van der Waals surface area contributed by atoms with Gasteiger partial charge in [0.25, 0.3) is 5.56 Å². The van der Waals surface area contributed by atoms with Gasteiger partial charge in [0.15, 0.2) is 0 Å². The molecule has 1 heterocycles. The van der Waals surface area contributed by atoms with E-state index in [1.807, 2.05) is 32.0 Å². The largest absolute Gasteiger partial charge is 0.394 e. The molecule has 96 valence electrons. The van der Waals surface area contributed by atoms with Crippen molar-refractivity contribution in [3.8, 4) is 0 Å². The Morgan fingerprint density at radius 3 is 2.72 bits per heavy atom. The van der Waals surface area contributed by atoms with Crippen LogP contribution in [0.25, 0.3) is 10.9 Å². The van der Waals surface area contributed by atoms with Crippen molar-refractivity contribution in [3.63, 3.8) is 0 Å². The van der Waals surface area contributed by atoms with Crippen molar-refractivity contribution in [1.82, 2.24) is 9.55 Å². The van der Waals surface area contributed by atoms with Crippen LogP contribution < -0.4 is 5.56 Å². The predicted molar refractivity (Wildman–Crippen MR) is 79.9 cm³/mol. The third-order valence-electron chi connectivity index (χ3n) is 2.99. The highest BCUT2D eigenvalue weighted by Crippen LogP contribution is 2.18. The smallest absolute Gasteiger partial charge is 0.261 e. The second-order valence-corrected chi connectivity index (χ2v) is 6.18. The van der Waals surface area contributed by atoms with Gasteiger partial charge in [-0.1, -0.05) is 0 Å². The number of aryl methyl sites for hydroxylation is 1. The highest BCUT2D eigenvalue weighted by Gasteiger charge is 2.23. The lowest BCUT2D eigenvalue weighted by Crippen LogP contribution is -2.41. The van der Waals surface area contributed by atoms with E-state index in [4.69, 9.17) is 0 Å². The van der Waals surface area contributed by atoms with E-state index in [0.717, 1.165) is 3.57 Å². The van der Waals surface area contributed by atoms with Crippen LogP contribution in [0.2, 0.25) is 0 Å². The van der Waals surface area contributed by atoms with Crippen LogP contribution in [0.15, 0.2) is 23.0 Å². The minimum atomic E-state index is -0.649. The lowest BCUT2D eigenvalue weighted by molar-refractivity contribution is 0.158. The van der Waals surface area contributed by atoms with E-state index in [1.165, 1.54) is 0 Å². The molecule has 1 aromatic heterocycles. The van der Waals surface area contributed by atoms with Crippen LogP contribution in [0.1, 0.15) is 19.7 Å². The first kappa shape index (κ1) is 13.5. The molecule has 0 fully saturated rings. The normalized spacial score (nSPS) is 12.1. The maximum atomic E-state index is 12.5. The molecule has 0 aliphatic carbocycles. The Bertz CT molecular complexity index is 662. The molecule has 0 bridgehead atoms. The van der Waals surface area contributed by atoms with Gasteiger partial charge in [-0.25, -0.2) is 4.98 Å². The van der Waals surface area contributed by atoms with E-state index < -0.39 is 5.54 Å². The van der Waals surface area contributed by atoms with E-state index >= 15 is 0 Å². The lowest BCUT2D eigenvalue weighted by atomic mass is 10.1. The van der Waals surface area contributed by atoms with Gasteiger partial charge in [-0.05, 0) is 61.6 Å². The molecule has 1 N–H and O–H groups in total. The minimum absolute atomic E-state index is 0.102. The van der Waals surface area contributed by atoms with Crippen molar-refractivity contribution in [2.75, 3.05) is 6.61 Å². The molecule has 0 atom stereocenters. The minimum Gasteiger partial charge on any atom is -0.394 e.